The molecule has 0 atom stereocenters. The molecule has 0 N–H and O–H groups in total. The normalized spacial score (nSPS) is 17.2. The molecule has 0 spiro atoms. The predicted octanol–water partition coefficient (Wildman–Crippen LogP) is 1.45. The fourth-order valence-corrected chi connectivity index (χ4v) is 3.32. The van der Waals surface area contributed by atoms with Crippen LogP contribution in [0.4, 0.5) is 0 Å². The number of likely N-dealkylation sites (tertiary alicyclic amines) is 1. The van der Waals surface area contributed by atoms with Crippen molar-refractivity contribution in [3.8, 4) is 0 Å². The lowest BCUT2D eigenvalue weighted by atomic mass is 10.4. The van der Waals surface area contributed by atoms with Crippen LogP contribution in [0.2, 0.25) is 5.15 Å². The number of halogens is 1. The molecule has 0 amide bonds. The van der Waals surface area contributed by atoms with Crippen LogP contribution in [0.1, 0.15) is 12.8 Å². The topological polar surface area (TPSA) is 53.5 Å². The van der Waals surface area contributed by atoms with Crippen molar-refractivity contribution in [2.24, 2.45) is 0 Å². The van der Waals surface area contributed by atoms with Crippen LogP contribution in [0.5, 0.6) is 0 Å². The van der Waals surface area contributed by atoms with Crippen molar-refractivity contribution < 1.29 is 8.42 Å². The second kappa shape index (κ2) is 6.17. The van der Waals surface area contributed by atoms with Crippen LogP contribution in [-0.4, -0.2) is 55.8 Å². The highest BCUT2D eigenvalue weighted by molar-refractivity contribution is 7.89. The van der Waals surface area contributed by atoms with Crippen LogP contribution in [-0.2, 0) is 10.0 Å². The largest absolute Gasteiger partial charge is 0.302 e. The van der Waals surface area contributed by atoms with E-state index in [2.05, 4.69) is 9.88 Å². The zero-order valence-corrected chi connectivity index (χ0v) is 12.5. The third kappa shape index (κ3) is 3.66. The molecule has 5 nitrogen and oxygen atoms in total. The minimum Gasteiger partial charge on any atom is -0.302 e. The summed E-state index contributed by atoms with van der Waals surface area (Å²) in [7, 11) is -1.86. The Bertz CT molecular complexity index is 512. The molecular weight excluding hydrogens is 286 g/mol. The molecule has 1 aliphatic heterocycles. The van der Waals surface area contributed by atoms with Gasteiger partial charge < -0.3 is 4.90 Å². The van der Waals surface area contributed by atoms with Gasteiger partial charge in [0.25, 0.3) is 0 Å². The summed E-state index contributed by atoms with van der Waals surface area (Å²) in [6.07, 6.45) is 3.71. The van der Waals surface area contributed by atoms with Crippen molar-refractivity contribution in [2.75, 3.05) is 33.2 Å². The Morgan fingerprint density at radius 3 is 2.63 bits per heavy atom. The molecule has 2 rings (SSSR count). The summed E-state index contributed by atoms with van der Waals surface area (Å²) in [6, 6.07) is 2.97. The van der Waals surface area contributed by atoms with Gasteiger partial charge in [0.1, 0.15) is 10.0 Å². The van der Waals surface area contributed by atoms with Crippen LogP contribution in [0.15, 0.2) is 23.2 Å². The summed E-state index contributed by atoms with van der Waals surface area (Å²) in [5.41, 5.74) is 0. The quantitative estimate of drug-likeness (QED) is 0.773. The molecule has 1 fully saturated rings. The maximum Gasteiger partial charge on any atom is 0.244 e. The Morgan fingerprint density at radius 1 is 1.37 bits per heavy atom. The summed E-state index contributed by atoms with van der Waals surface area (Å²) in [6.45, 7) is 3.40. The average Bonchev–Trinajstić information content (AvgIpc) is 2.89. The summed E-state index contributed by atoms with van der Waals surface area (Å²) < 4.78 is 25.9. The molecule has 2 heterocycles. The first-order valence-corrected chi connectivity index (χ1v) is 8.12. The number of hydrogen-bond acceptors (Lipinski definition) is 4. The van der Waals surface area contributed by atoms with E-state index in [4.69, 9.17) is 11.6 Å². The maximum atomic E-state index is 12.3. The van der Waals surface area contributed by atoms with Gasteiger partial charge >= 0.3 is 0 Å². The van der Waals surface area contributed by atoms with E-state index in [1.807, 2.05) is 0 Å². The van der Waals surface area contributed by atoms with Crippen molar-refractivity contribution in [2.45, 2.75) is 17.7 Å². The monoisotopic (exact) mass is 303 g/mol. The van der Waals surface area contributed by atoms with E-state index in [0.717, 1.165) is 19.6 Å². The van der Waals surface area contributed by atoms with Gasteiger partial charge in [0.2, 0.25) is 10.0 Å². The standard InChI is InChI=1S/C12H18ClN3O2S/c1-15(8-9-16-6-2-3-7-16)19(17,18)11-4-5-12(13)14-10-11/h4-5,10H,2-3,6-9H2,1H3. The first kappa shape index (κ1) is 14.7. The number of aromatic nitrogens is 1. The van der Waals surface area contributed by atoms with E-state index in [1.54, 1.807) is 7.05 Å². The first-order valence-electron chi connectivity index (χ1n) is 6.30. The van der Waals surface area contributed by atoms with E-state index in [-0.39, 0.29) is 4.90 Å². The van der Waals surface area contributed by atoms with Crippen LogP contribution in [0.3, 0.4) is 0 Å². The molecule has 0 radical (unpaired) electrons. The lowest BCUT2D eigenvalue weighted by molar-refractivity contribution is 0.310. The van der Waals surface area contributed by atoms with E-state index in [1.165, 1.54) is 35.5 Å². The molecular formula is C12H18ClN3O2S. The zero-order chi connectivity index (χ0) is 13.9. The van der Waals surface area contributed by atoms with Gasteiger partial charge in [-0.2, -0.15) is 4.31 Å². The van der Waals surface area contributed by atoms with Gasteiger partial charge in [-0.05, 0) is 38.1 Å². The van der Waals surface area contributed by atoms with E-state index < -0.39 is 10.0 Å². The Balaban J connectivity index is 1.99. The van der Waals surface area contributed by atoms with Gasteiger partial charge in [0, 0.05) is 26.3 Å². The Labute approximate surface area is 119 Å². The van der Waals surface area contributed by atoms with Crippen molar-refractivity contribution in [1.82, 2.24) is 14.2 Å². The van der Waals surface area contributed by atoms with E-state index in [0.29, 0.717) is 11.7 Å². The average molecular weight is 304 g/mol. The molecule has 0 aromatic carbocycles. The molecule has 0 unspecified atom stereocenters. The molecule has 0 saturated carbocycles. The van der Waals surface area contributed by atoms with Crippen LogP contribution < -0.4 is 0 Å². The molecule has 1 aromatic rings. The van der Waals surface area contributed by atoms with Gasteiger partial charge in [-0.3, -0.25) is 0 Å². The molecule has 0 bridgehead atoms. The lowest BCUT2D eigenvalue weighted by Gasteiger charge is -2.21. The summed E-state index contributed by atoms with van der Waals surface area (Å²) in [5.74, 6) is 0. The molecule has 1 aliphatic rings. The number of sulfonamides is 1. The summed E-state index contributed by atoms with van der Waals surface area (Å²) >= 11 is 5.66. The molecule has 7 heteroatoms. The highest BCUT2D eigenvalue weighted by Gasteiger charge is 2.22. The molecule has 1 aromatic heterocycles. The number of pyridine rings is 1. The molecule has 19 heavy (non-hydrogen) atoms. The van der Waals surface area contributed by atoms with Crippen molar-refractivity contribution in [1.29, 1.82) is 0 Å². The summed E-state index contributed by atoms with van der Waals surface area (Å²) in [5, 5.41) is 0.290. The van der Waals surface area contributed by atoms with Crippen LogP contribution >= 0.6 is 11.6 Å². The predicted molar refractivity (Wildman–Crippen MR) is 74.7 cm³/mol. The fraction of sp³-hybridized carbons (Fsp3) is 0.583. The van der Waals surface area contributed by atoms with Crippen LogP contribution in [0, 0.1) is 0 Å². The number of rotatable bonds is 5. The SMILES string of the molecule is CN(CCN1CCCC1)S(=O)(=O)c1ccc(Cl)nc1. The van der Waals surface area contributed by atoms with E-state index in [9.17, 15) is 8.42 Å². The minimum absolute atomic E-state index is 0.181. The van der Waals surface area contributed by atoms with Gasteiger partial charge in [0.05, 0.1) is 0 Å². The van der Waals surface area contributed by atoms with Gasteiger partial charge in [-0.15, -0.1) is 0 Å². The van der Waals surface area contributed by atoms with Gasteiger partial charge in [-0.1, -0.05) is 11.6 Å². The Morgan fingerprint density at radius 2 is 2.05 bits per heavy atom. The Kier molecular flexibility index (Phi) is 4.78. The third-order valence-corrected chi connectivity index (χ3v) is 5.40. The van der Waals surface area contributed by atoms with E-state index >= 15 is 0 Å². The van der Waals surface area contributed by atoms with Crippen molar-refractivity contribution >= 4 is 21.6 Å². The molecule has 106 valence electrons. The number of hydrogen-bond donors (Lipinski definition) is 0. The summed E-state index contributed by atoms with van der Waals surface area (Å²) in [4.78, 5) is 6.28. The second-order valence-corrected chi connectivity index (χ2v) is 7.12. The van der Waals surface area contributed by atoms with Crippen molar-refractivity contribution in [3.63, 3.8) is 0 Å². The Hall–Kier alpha value is -0.690. The lowest BCUT2D eigenvalue weighted by Crippen LogP contribution is -2.35. The maximum absolute atomic E-state index is 12.3. The molecule has 0 aliphatic carbocycles. The number of likely N-dealkylation sites (N-methyl/N-ethyl adjacent to an activating group) is 1. The molecule has 1 saturated heterocycles. The smallest absolute Gasteiger partial charge is 0.244 e. The van der Waals surface area contributed by atoms with Crippen LogP contribution in [0.25, 0.3) is 0 Å². The fourth-order valence-electron chi connectivity index (χ4n) is 2.10. The zero-order valence-electron chi connectivity index (χ0n) is 10.9. The second-order valence-electron chi connectivity index (χ2n) is 4.69. The minimum atomic E-state index is -3.46. The number of nitrogens with zero attached hydrogens (tertiary/aromatic N) is 3. The third-order valence-electron chi connectivity index (χ3n) is 3.34. The van der Waals surface area contributed by atoms with Crippen molar-refractivity contribution in [3.05, 3.63) is 23.5 Å². The first-order chi connectivity index (χ1) is 9.00. The highest BCUT2D eigenvalue weighted by atomic mass is 35.5. The van der Waals surface area contributed by atoms with Gasteiger partial charge in [-0.25, -0.2) is 13.4 Å². The highest BCUT2D eigenvalue weighted by Crippen LogP contribution is 2.15. The van der Waals surface area contributed by atoms with Gasteiger partial charge in [0.15, 0.2) is 0 Å².